The molecule has 1 aliphatic rings. The van der Waals surface area contributed by atoms with Gasteiger partial charge >= 0.3 is 6.03 Å². The van der Waals surface area contributed by atoms with E-state index >= 15 is 0 Å². The number of amides is 3. The number of hydrogen-bond acceptors (Lipinski definition) is 3. The Morgan fingerprint density at radius 3 is 2.43 bits per heavy atom. The summed E-state index contributed by atoms with van der Waals surface area (Å²) in [6.07, 6.45) is 1.94. The Morgan fingerprint density at radius 2 is 1.81 bits per heavy atom. The van der Waals surface area contributed by atoms with Crippen molar-refractivity contribution >= 4 is 11.9 Å². The van der Waals surface area contributed by atoms with Crippen LogP contribution in [0, 0.1) is 0 Å². The molecule has 5 nitrogen and oxygen atoms in total. The third kappa shape index (κ3) is 3.01. The first kappa shape index (κ1) is 15.4. The molecule has 1 aliphatic heterocycles. The van der Waals surface area contributed by atoms with Crippen molar-refractivity contribution in [2.45, 2.75) is 38.6 Å². The molecule has 5 heteroatoms. The molecular weight excluding hydrogens is 268 g/mol. The van der Waals surface area contributed by atoms with Crippen LogP contribution in [-0.2, 0) is 4.79 Å². The van der Waals surface area contributed by atoms with E-state index in [0.29, 0.717) is 32.4 Å². The fourth-order valence-electron chi connectivity index (χ4n) is 2.80. The molecule has 0 spiro atoms. The van der Waals surface area contributed by atoms with Crippen molar-refractivity contribution in [3.05, 3.63) is 30.3 Å². The van der Waals surface area contributed by atoms with Crippen molar-refractivity contribution in [3.63, 3.8) is 0 Å². The number of ether oxygens (including phenoxy) is 1. The number of imide groups is 1. The molecule has 1 fully saturated rings. The number of benzene rings is 1. The standard InChI is InChI=1S/C16H22N2O3/c1-3-16(4-2)14(19)17-15(20)18(16)11-8-12-21-13-9-6-5-7-10-13/h5-7,9-10H,3-4,8,11-12H2,1-2H3,(H,17,19,20). The van der Waals surface area contributed by atoms with E-state index in [1.807, 2.05) is 44.2 Å². The van der Waals surface area contributed by atoms with Crippen molar-refractivity contribution in [3.8, 4) is 5.75 Å². The molecule has 0 aromatic heterocycles. The fourth-order valence-corrected chi connectivity index (χ4v) is 2.80. The molecule has 21 heavy (non-hydrogen) atoms. The Morgan fingerprint density at radius 1 is 1.14 bits per heavy atom. The summed E-state index contributed by atoms with van der Waals surface area (Å²) in [6.45, 7) is 4.92. The number of para-hydroxylation sites is 1. The molecule has 2 rings (SSSR count). The Balaban J connectivity index is 1.89. The maximum absolute atomic E-state index is 12.0. The summed E-state index contributed by atoms with van der Waals surface area (Å²) in [4.78, 5) is 25.6. The summed E-state index contributed by atoms with van der Waals surface area (Å²) in [7, 11) is 0. The minimum Gasteiger partial charge on any atom is -0.494 e. The average Bonchev–Trinajstić information content (AvgIpc) is 2.75. The first-order chi connectivity index (χ1) is 10.1. The molecule has 0 radical (unpaired) electrons. The average molecular weight is 290 g/mol. The van der Waals surface area contributed by atoms with Crippen LogP contribution in [-0.4, -0.2) is 35.5 Å². The van der Waals surface area contributed by atoms with Crippen molar-refractivity contribution in [1.29, 1.82) is 0 Å². The third-order valence-corrected chi connectivity index (χ3v) is 4.11. The van der Waals surface area contributed by atoms with Gasteiger partial charge in [0.05, 0.1) is 6.61 Å². The molecular formula is C16H22N2O3. The van der Waals surface area contributed by atoms with Gasteiger partial charge in [0.1, 0.15) is 11.3 Å². The first-order valence-corrected chi connectivity index (χ1v) is 7.45. The van der Waals surface area contributed by atoms with Crippen LogP contribution >= 0.6 is 0 Å². The monoisotopic (exact) mass is 290 g/mol. The molecule has 114 valence electrons. The first-order valence-electron chi connectivity index (χ1n) is 7.45. The van der Waals surface area contributed by atoms with E-state index in [1.54, 1.807) is 4.90 Å². The molecule has 0 bridgehead atoms. The number of carbonyl (C=O) groups is 2. The molecule has 3 amide bonds. The van der Waals surface area contributed by atoms with Gasteiger partial charge in [0.25, 0.3) is 5.91 Å². The minimum absolute atomic E-state index is 0.179. The van der Waals surface area contributed by atoms with Crippen molar-refractivity contribution in [2.75, 3.05) is 13.2 Å². The van der Waals surface area contributed by atoms with Crippen LogP contribution in [0.2, 0.25) is 0 Å². The van der Waals surface area contributed by atoms with Gasteiger partial charge in [0.15, 0.2) is 0 Å². The highest BCUT2D eigenvalue weighted by Crippen LogP contribution is 2.29. The summed E-state index contributed by atoms with van der Waals surface area (Å²) in [5.74, 6) is 0.637. The van der Waals surface area contributed by atoms with E-state index in [0.717, 1.165) is 5.75 Å². The second-order valence-electron chi connectivity index (χ2n) is 5.16. The zero-order chi connectivity index (χ0) is 15.3. The predicted molar refractivity (Wildman–Crippen MR) is 80.1 cm³/mol. The lowest BCUT2D eigenvalue weighted by atomic mass is 9.91. The summed E-state index contributed by atoms with van der Waals surface area (Å²) in [5, 5.41) is 2.43. The number of nitrogens with one attached hydrogen (secondary N) is 1. The molecule has 0 atom stereocenters. The zero-order valence-electron chi connectivity index (χ0n) is 12.6. The molecule has 0 aliphatic carbocycles. The van der Waals surface area contributed by atoms with Gasteiger partial charge in [-0.3, -0.25) is 10.1 Å². The van der Waals surface area contributed by atoms with Crippen LogP contribution in [0.5, 0.6) is 5.75 Å². The molecule has 1 aromatic carbocycles. The lowest BCUT2D eigenvalue weighted by Gasteiger charge is -2.33. The van der Waals surface area contributed by atoms with E-state index in [1.165, 1.54) is 0 Å². The predicted octanol–water partition coefficient (Wildman–Crippen LogP) is 2.57. The lowest BCUT2D eigenvalue weighted by Crippen LogP contribution is -2.49. The smallest absolute Gasteiger partial charge is 0.325 e. The fraction of sp³-hybridized carbons (Fsp3) is 0.500. The number of urea groups is 1. The Hall–Kier alpha value is -2.04. The summed E-state index contributed by atoms with van der Waals surface area (Å²) < 4.78 is 5.62. The van der Waals surface area contributed by atoms with Crippen molar-refractivity contribution in [2.24, 2.45) is 0 Å². The highest BCUT2D eigenvalue weighted by molar-refractivity contribution is 6.06. The molecule has 1 heterocycles. The zero-order valence-corrected chi connectivity index (χ0v) is 12.6. The van der Waals surface area contributed by atoms with Gasteiger partial charge in [-0.05, 0) is 31.4 Å². The van der Waals surface area contributed by atoms with Crippen LogP contribution in [0.1, 0.15) is 33.1 Å². The molecule has 1 aromatic rings. The Kier molecular flexibility index (Phi) is 4.83. The van der Waals surface area contributed by atoms with Gasteiger partial charge < -0.3 is 9.64 Å². The van der Waals surface area contributed by atoms with Gasteiger partial charge in [-0.25, -0.2) is 4.79 Å². The SMILES string of the molecule is CCC1(CC)C(=O)NC(=O)N1CCCOc1ccccc1. The highest BCUT2D eigenvalue weighted by Gasteiger charge is 2.49. The topological polar surface area (TPSA) is 58.6 Å². The van der Waals surface area contributed by atoms with E-state index in [2.05, 4.69) is 5.32 Å². The Labute approximate surface area is 125 Å². The van der Waals surface area contributed by atoms with Crippen molar-refractivity contribution < 1.29 is 14.3 Å². The molecule has 1 saturated heterocycles. The van der Waals surface area contributed by atoms with Crippen LogP contribution in [0.25, 0.3) is 0 Å². The summed E-state index contributed by atoms with van der Waals surface area (Å²) in [6, 6.07) is 9.28. The maximum atomic E-state index is 12.0. The normalized spacial score (nSPS) is 17.0. The second kappa shape index (κ2) is 6.61. The highest BCUT2D eigenvalue weighted by atomic mass is 16.5. The van der Waals surface area contributed by atoms with Gasteiger partial charge in [-0.2, -0.15) is 0 Å². The number of nitrogens with zero attached hydrogens (tertiary/aromatic N) is 1. The van der Waals surface area contributed by atoms with Gasteiger partial charge in [-0.1, -0.05) is 32.0 Å². The van der Waals surface area contributed by atoms with Crippen LogP contribution in [0.3, 0.4) is 0 Å². The van der Waals surface area contributed by atoms with Gasteiger partial charge in [-0.15, -0.1) is 0 Å². The van der Waals surface area contributed by atoms with Crippen molar-refractivity contribution in [1.82, 2.24) is 10.2 Å². The summed E-state index contributed by atoms with van der Waals surface area (Å²) in [5.41, 5.74) is -0.691. The molecule has 0 unspecified atom stereocenters. The summed E-state index contributed by atoms with van der Waals surface area (Å²) >= 11 is 0. The number of rotatable bonds is 7. The van der Waals surface area contributed by atoms with E-state index in [-0.39, 0.29) is 11.9 Å². The van der Waals surface area contributed by atoms with E-state index in [4.69, 9.17) is 4.74 Å². The third-order valence-electron chi connectivity index (χ3n) is 4.11. The maximum Gasteiger partial charge on any atom is 0.325 e. The number of carbonyl (C=O) groups excluding carboxylic acids is 2. The molecule has 0 saturated carbocycles. The molecule has 1 N–H and O–H groups in total. The quantitative estimate of drug-likeness (QED) is 0.620. The van der Waals surface area contributed by atoms with E-state index < -0.39 is 5.54 Å². The van der Waals surface area contributed by atoms with Gasteiger partial charge in [0.2, 0.25) is 0 Å². The van der Waals surface area contributed by atoms with Gasteiger partial charge in [0, 0.05) is 6.54 Å². The van der Waals surface area contributed by atoms with Crippen LogP contribution < -0.4 is 10.1 Å². The van der Waals surface area contributed by atoms with E-state index in [9.17, 15) is 9.59 Å². The number of hydrogen-bond donors (Lipinski definition) is 1. The second-order valence-corrected chi connectivity index (χ2v) is 5.16. The lowest BCUT2D eigenvalue weighted by molar-refractivity contribution is -0.127. The van der Waals surface area contributed by atoms with Crippen LogP contribution in [0.4, 0.5) is 4.79 Å². The van der Waals surface area contributed by atoms with Crippen LogP contribution in [0.15, 0.2) is 30.3 Å². The minimum atomic E-state index is -0.691. The largest absolute Gasteiger partial charge is 0.494 e. The Bertz CT molecular complexity index is 498.